The molecule has 0 saturated heterocycles. The van der Waals surface area contributed by atoms with Crippen molar-refractivity contribution < 1.29 is 13.2 Å². The summed E-state index contributed by atoms with van der Waals surface area (Å²) in [4.78, 5) is 12.4. The Bertz CT molecular complexity index is 803. The van der Waals surface area contributed by atoms with E-state index in [-0.39, 0.29) is 6.54 Å². The minimum atomic E-state index is -3.78. The Labute approximate surface area is 149 Å². The van der Waals surface area contributed by atoms with Gasteiger partial charge in [0.25, 0.3) is 0 Å². The topological polar surface area (TPSA) is 69.7 Å². The lowest BCUT2D eigenvalue weighted by Crippen LogP contribution is -2.44. The van der Waals surface area contributed by atoms with Gasteiger partial charge in [0.1, 0.15) is 6.54 Å². The van der Waals surface area contributed by atoms with Crippen molar-refractivity contribution in [3.63, 3.8) is 0 Å². The average molecular weight is 361 g/mol. The van der Waals surface area contributed by atoms with Gasteiger partial charge in [0, 0.05) is 19.8 Å². The fraction of sp³-hybridized carbons (Fsp3) is 0.278. The van der Waals surface area contributed by atoms with E-state index < -0.39 is 16.1 Å². The first-order chi connectivity index (χ1) is 11.8. The van der Waals surface area contributed by atoms with Crippen LogP contribution in [-0.4, -0.2) is 39.3 Å². The minimum absolute atomic E-state index is 0.306. The molecule has 2 rings (SSSR count). The van der Waals surface area contributed by atoms with Gasteiger partial charge in [-0.1, -0.05) is 37.3 Å². The van der Waals surface area contributed by atoms with Crippen LogP contribution in [0, 0.1) is 0 Å². The van der Waals surface area contributed by atoms with Crippen LogP contribution < -0.4 is 9.62 Å². The zero-order chi connectivity index (χ0) is 18.4. The lowest BCUT2D eigenvalue weighted by molar-refractivity contribution is -0.114. The van der Waals surface area contributed by atoms with Gasteiger partial charge >= 0.3 is 10.2 Å². The molecule has 0 bridgehead atoms. The normalized spacial score (nSPS) is 11.4. The highest BCUT2D eigenvalue weighted by Crippen LogP contribution is 2.19. The van der Waals surface area contributed by atoms with Crippen molar-refractivity contribution in [2.75, 3.05) is 30.3 Å². The molecule has 0 aliphatic carbocycles. The number of para-hydroxylation sites is 1. The summed E-state index contributed by atoms with van der Waals surface area (Å²) in [6, 6.07) is 16.0. The van der Waals surface area contributed by atoms with Crippen molar-refractivity contribution in [2.24, 2.45) is 0 Å². The fourth-order valence-corrected chi connectivity index (χ4v) is 3.31. The molecule has 0 atom stereocenters. The summed E-state index contributed by atoms with van der Waals surface area (Å²) in [6.45, 7) is 1.75. The second-order valence-corrected chi connectivity index (χ2v) is 7.80. The maximum absolute atomic E-state index is 12.6. The largest absolute Gasteiger partial charge is 0.325 e. The smallest absolute Gasteiger partial charge is 0.304 e. The molecular weight excluding hydrogens is 338 g/mol. The third-order valence-electron chi connectivity index (χ3n) is 3.72. The SMILES string of the molecule is CCc1ccc(NC(=O)CN(c2ccccc2)S(=O)(=O)N(C)C)cc1. The van der Waals surface area contributed by atoms with Crippen LogP contribution in [0.4, 0.5) is 11.4 Å². The lowest BCUT2D eigenvalue weighted by Gasteiger charge is -2.26. The highest BCUT2D eigenvalue weighted by atomic mass is 32.2. The van der Waals surface area contributed by atoms with Gasteiger partial charge in [-0.3, -0.25) is 4.79 Å². The summed E-state index contributed by atoms with van der Waals surface area (Å²) in [7, 11) is -0.910. The Morgan fingerprint density at radius 1 is 1.00 bits per heavy atom. The molecule has 2 aromatic rings. The van der Waals surface area contributed by atoms with Crippen LogP contribution in [0.25, 0.3) is 0 Å². The highest BCUT2D eigenvalue weighted by molar-refractivity contribution is 7.90. The Hall–Kier alpha value is -2.38. The molecule has 2 aromatic carbocycles. The molecule has 6 nitrogen and oxygen atoms in total. The number of rotatable bonds is 7. The number of aryl methyl sites for hydroxylation is 1. The summed E-state index contributed by atoms with van der Waals surface area (Å²) < 4.78 is 27.3. The molecule has 0 unspecified atom stereocenters. The van der Waals surface area contributed by atoms with Crippen LogP contribution in [-0.2, 0) is 21.4 Å². The Morgan fingerprint density at radius 3 is 2.12 bits per heavy atom. The van der Waals surface area contributed by atoms with Gasteiger partial charge in [-0.05, 0) is 36.2 Å². The number of anilines is 2. The molecule has 134 valence electrons. The maximum atomic E-state index is 12.6. The van der Waals surface area contributed by atoms with Crippen LogP contribution in [0.15, 0.2) is 54.6 Å². The van der Waals surface area contributed by atoms with Gasteiger partial charge in [0.05, 0.1) is 5.69 Å². The summed E-state index contributed by atoms with van der Waals surface area (Å²) in [6.07, 6.45) is 0.914. The van der Waals surface area contributed by atoms with Gasteiger partial charge in [-0.15, -0.1) is 0 Å². The number of amides is 1. The van der Waals surface area contributed by atoms with Gasteiger partial charge < -0.3 is 5.32 Å². The van der Waals surface area contributed by atoms with Crippen molar-refractivity contribution >= 4 is 27.5 Å². The number of carbonyl (C=O) groups is 1. The number of hydrogen-bond donors (Lipinski definition) is 1. The predicted octanol–water partition coefficient (Wildman–Crippen LogP) is 2.50. The van der Waals surface area contributed by atoms with E-state index >= 15 is 0 Å². The van der Waals surface area contributed by atoms with E-state index in [0.717, 1.165) is 15.0 Å². The Balaban J connectivity index is 2.20. The van der Waals surface area contributed by atoms with Crippen molar-refractivity contribution in [3.05, 3.63) is 60.2 Å². The predicted molar refractivity (Wildman–Crippen MR) is 101 cm³/mol. The molecule has 0 spiro atoms. The van der Waals surface area contributed by atoms with E-state index in [0.29, 0.717) is 11.4 Å². The van der Waals surface area contributed by atoms with E-state index in [4.69, 9.17) is 0 Å². The molecule has 0 aromatic heterocycles. The third-order valence-corrected chi connectivity index (χ3v) is 5.54. The first kappa shape index (κ1) is 19.0. The van der Waals surface area contributed by atoms with Crippen molar-refractivity contribution in [3.8, 4) is 0 Å². The first-order valence-corrected chi connectivity index (χ1v) is 9.38. The standard InChI is InChI=1S/C18H23N3O3S/c1-4-15-10-12-16(13-11-15)19-18(22)14-21(25(23,24)20(2)3)17-8-6-5-7-9-17/h5-13H,4,14H2,1-3H3,(H,19,22). The minimum Gasteiger partial charge on any atom is -0.325 e. The Morgan fingerprint density at radius 2 is 1.60 bits per heavy atom. The fourth-order valence-electron chi connectivity index (χ4n) is 2.25. The molecule has 0 saturated carbocycles. The third kappa shape index (κ3) is 4.80. The molecule has 0 fully saturated rings. The van der Waals surface area contributed by atoms with Crippen molar-refractivity contribution in [2.45, 2.75) is 13.3 Å². The van der Waals surface area contributed by atoms with E-state index in [1.807, 2.05) is 24.3 Å². The van der Waals surface area contributed by atoms with Crippen LogP contribution >= 0.6 is 0 Å². The van der Waals surface area contributed by atoms with E-state index in [1.54, 1.807) is 30.3 Å². The van der Waals surface area contributed by atoms with Gasteiger partial charge in [-0.25, -0.2) is 4.31 Å². The molecule has 1 N–H and O–H groups in total. The average Bonchev–Trinajstić information content (AvgIpc) is 2.61. The van der Waals surface area contributed by atoms with Crippen LogP contribution in [0.3, 0.4) is 0 Å². The van der Waals surface area contributed by atoms with Crippen LogP contribution in [0.5, 0.6) is 0 Å². The van der Waals surface area contributed by atoms with E-state index in [2.05, 4.69) is 12.2 Å². The van der Waals surface area contributed by atoms with Crippen LogP contribution in [0.2, 0.25) is 0 Å². The molecule has 7 heteroatoms. The molecule has 0 radical (unpaired) electrons. The molecular formula is C18H23N3O3S. The highest BCUT2D eigenvalue weighted by Gasteiger charge is 2.27. The lowest BCUT2D eigenvalue weighted by atomic mass is 10.1. The monoisotopic (exact) mass is 361 g/mol. The zero-order valence-corrected chi connectivity index (χ0v) is 15.5. The summed E-state index contributed by atoms with van der Waals surface area (Å²) in [5.41, 5.74) is 2.24. The number of nitrogens with one attached hydrogen (secondary N) is 1. The van der Waals surface area contributed by atoms with Gasteiger partial charge in [0.2, 0.25) is 5.91 Å². The summed E-state index contributed by atoms with van der Waals surface area (Å²) >= 11 is 0. The molecule has 0 heterocycles. The number of nitrogens with zero attached hydrogens (tertiary/aromatic N) is 2. The first-order valence-electron chi connectivity index (χ1n) is 7.98. The molecule has 25 heavy (non-hydrogen) atoms. The number of carbonyl (C=O) groups excluding carboxylic acids is 1. The van der Waals surface area contributed by atoms with Gasteiger partial charge in [-0.2, -0.15) is 12.7 Å². The number of hydrogen-bond acceptors (Lipinski definition) is 3. The quantitative estimate of drug-likeness (QED) is 0.824. The molecule has 0 aliphatic rings. The van der Waals surface area contributed by atoms with Crippen molar-refractivity contribution in [1.82, 2.24) is 4.31 Å². The molecule has 1 amide bonds. The Kier molecular flexibility index (Phi) is 6.17. The van der Waals surface area contributed by atoms with E-state index in [1.165, 1.54) is 19.7 Å². The van der Waals surface area contributed by atoms with Crippen molar-refractivity contribution in [1.29, 1.82) is 0 Å². The van der Waals surface area contributed by atoms with E-state index in [9.17, 15) is 13.2 Å². The maximum Gasteiger partial charge on any atom is 0.304 e. The molecule has 0 aliphatic heterocycles. The summed E-state index contributed by atoms with van der Waals surface area (Å²) in [5, 5.41) is 2.74. The van der Waals surface area contributed by atoms with Crippen LogP contribution in [0.1, 0.15) is 12.5 Å². The second-order valence-electron chi connectivity index (χ2n) is 5.73. The summed E-state index contributed by atoms with van der Waals surface area (Å²) in [5.74, 6) is -0.404. The zero-order valence-electron chi connectivity index (χ0n) is 14.6. The number of benzene rings is 2. The van der Waals surface area contributed by atoms with Gasteiger partial charge in [0.15, 0.2) is 0 Å². The second kappa shape index (κ2) is 8.13.